The fourth-order valence-electron chi connectivity index (χ4n) is 4.39. The predicted molar refractivity (Wildman–Crippen MR) is 126 cm³/mol. The number of fused-ring (bicyclic) bond motifs is 1. The molecule has 4 aromatic rings. The van der Waals surface area contributed by atoms with E-state index in [0.717, 1.165) is 23.1 Å². The lowest BCUT2D eigenvalue weighted by molar-refractivity contribution is 0.0694. The molecule has 0 unspecified atom stereocenters. The first kappa shape index (κ1) is 19.6. The molecule has 0 aromatic heterocycles. The van der Waals surface area contributed by atoms with E-state index in [1.165, 1.54) is 11.1 Å². The van der Waals surface area contributed by atoms with Gasteiger partial charge in [-0.05, 0) is 58.5 Å². The smallest absolute Gasteiger partial charge is 0.254 e. The first-order chi connectivity index (χ1) is 15.2. The Bertz CT molecular complexity index is 1200. The molecule has 2 nitrogen and oxygen atoms in total. The molecule has 0 saturated carbocycles. The zero-order valence-electron chi connectivity index (χ0n) is 17.0. The third-order valence-electron chi connectivity index (χ3n) is 5.97. The van der Waals surface area contributed by atoms with Gasteiger partial charge in [0.2, 0.25) is 0 Å². The largest absolute Gasteiger partial charge is 0.327 e. The van der Waals surface area contributed by atoms with Gasteiger partial charge in [-0.25, -0.2) is 0 Å². The zero-order chi connectivity index (χ0) is 21.2. The summed E-state index contributed by atoms with van der Waals surface area (Å²) < 4.78 is 0. The fraction of sp³-hybridized carbons (Fsp3) is 0.107. The van der Waals surface area contributed by atoms with Gasteiger partial charge in [-0.2, -0.15) is 0 Å². The van der Waals surface area contributed by atoms with Crippen molar-refractivity contribution in [2.75, 3.05) is 6.54 Å². The van der Waals surface area contributed by atoms with E-state index >= 15 is 0 Å². The first-order valence-electron chi connectivity index (χ1n) is 10.5. The van der Waals surface area contributed by atoms with Crippen LogP contribution in [0.1, 0.15) is 33.1 Å². The van der Waals surface area contributed by atoms with Crippen molar-refractivity contribution < 1.29 is 4.79 Å². The molecular formula is C28H22ClNO. The number of hydrogen-bond acceptors (Lipinski definition) is 1. The summed E-state index contributed by atoms with van der Waals surface area (Å²) in [5, 5.41) is 0.697. The Morgan fingerprint density at radius 1 is 0.742 bits per heavy atom. The van der Waals surface area contributed by atoms with E-state index in [1.807, 2.05) is 77.7 Å². The Morgan fingerprint density at radius 3 is 2.13 bits per heavy atom. The van der Waals surface area contributed by atoms with Gasteiger partial charge in [0.15, 0.2) is 0 Å². The lowest BCUT2D eigenvalue weighted by Gasteiger charge is -2.38. The van der Waals surface area contributed by atoms with Crippen LogP contribution in [0.25, 0.3) is 11.1 Å². The van der Waals surface area contributed by atoms with Crippen molar-refractivity contribution in [3.05, 3.63) is 130 Å². The summed E-state index contributed by atoms with van der Waals surface area (Å²) in [5.74, 6) is 0.0501. The predicted octanol–water partition coefficient (Wildman–Crippen LogP) is 6.79. The van der Waals surface area contributed by atoms with Crippen LogP contribution in [0.2, 0.25) is 5.02 Å². The second-order valence-corrected chi connectivity index (χ2v) is 8.28. The van der Waals surface area contributed by atoms with E-state index in [4.69, 9.17) is 11.6 Å². The fourth-order valence-corrected chi connectivity index (χ4v) is 4.52. The summed E-state index contributed by atoms with van der Waals surface area (Å²) in [5.41, 5.74) is 6.52. The third kappa shape index (κ3) is 3.87. The van der Waals surface area contributed by atoms with Crippen LogP contribution in [0.15, 0.2) is 103 Å². The van der Waals surface area contributed by atoms with Gasteiger partial charge in [0.05, 0.1) is 6.04 Å². The first-order valence-corrected chi connectivity index (χ1v) is 10.9. The van der Waals surface area contributed by atoms with Crippen LogP contribution in [-0.2, 0) is 6.42 Å². The topological polar surface area (TPSA) is 20.3 Å². The van der Waals surface area contributed by atoms with E-state index in [9.17, 15) is 4.79 Å². The van der Waals surface area contributed by atoms with Gasteiger partial charge in [-0.15, -0.1) is 0 Å². The van der Waals surface area contributed by atoms with Gasteiger partial charge in [0.1, 0.15) is 0 Å². The summed E-state index contributed by atoms with van der Waals surface area (Å²) >= 11 is 6.13. The maximum Gasteiger partial charge on any atom is 0.254 e. The van der Waals surface area contributed by atoms with Crippen LogP contribution in [0.4, 0.5) is 0 Å². The van der Waals surface area contributed by atoms with Crippen LogP contribution in [0, 0.1) is 0 Å². The standard InChI is InChI=1S/C28H22ClNO/c29-25-16-14-23(15-17-25)27-26-9-5-4-8-22(26)18-19-30(27)28(31)24-12-10-21(11-13-24)20-6-2-1-3-7-20/h1-17,27H,18-19H2/t27-/m0/s1. The number of carbonyl (C=O) groups is 1. The minimum atomic E-state index is -0.122. The third-order valence-corrected chi connectivity index (χ3v) is 6.22. The molecule has 1 heterocycles. The van der Waals surface area contributed by atoms with Crippen molar-refractivity contribution in [1.29, 1.82) is 0 Å². The Kier molecular flexibility index (Phi) is 5.31. The normalized spacial score (nSPS) is 15.4. The molecular weight excluding hydrogens is 402 g/mol. The Hall–Kier alpha value is -3.36. The van der Waals surface area contributed by atoms with Crippen molar-refractivity contribution in [3.63, 3.8) is 0 Å². The van der Waals surface area contributed by atoms with Gasteiger partial charge in [0, 0.05) is 17.1 Å². The monoisotopic (exact) mass is 423 g/mol. The quantitative estimate of drug-likeness (QED) is 0.355. The van der Waals surface area contributed by atoms with E-state index in [0.29, 0.717) is 17.1 Å². The molecule has 1 amide bonds. The summed E-state index contributed by atoms with van der Waals surface area (Å²) in [6.45, 7) is 0.684. The lowest BCUT2D eigenvalue weighted by Crippen LogP contribution is -2.40. The minimum Gasteiger partial charge on any atom is -0.327 e. The molecule has 0 N–H and O–H groups in total. The molecule has 31 heavy (non-hydrogen) atoms. The number of rotatable bonds is 3. The average Bonchev–Trinajstić information content (AvgIpc) is 2.84. The second kappa shape index (κ2) is 8.41. The highest BCUT2D eigenvalue weighted by Gasteiger charge is 2.32. The van der Waals surface area contributed by atoms with Gasteiger partial charge < -0.3 is 4.90 Å². The van der Waals surface area contributed by atoms with Crippen LogP contribution < -0.4 is 0 Å². The highest BCUT2D eigenvalue weighted by atomic mass is 35.5. The molecule has 0 aliphatic carbocycles. The minimum absolute atomic E-state index is 0.0501. The van der Waals surface area contributed by atoms with Crippen molar-refractivity contribution in [3.8, 4) is 11.1 Å². The molecule has 0 spiro atoms. The molecule has 1 atom stereocenters. The molecule has 5 rings (SSSR count). The van der Waals surface area contributed by atoms with Crippen molar-refractivity contribution >= 4 is 17.5 Å². The van der Waals surface area contributed by atoms with Gasteiger partial charge >= 0.3 is 0 Å². The van der Waals surface area contributed by atoms with Crippen molar-refractivity contribution in [1.82, 2.24) is 4.90 Å². The Balaban J connectivity index is 1.50. The molecule has 152 valence electrons. The van der Waals surface area contributed by atoms with Crippen LogP contribution in [0.3, 0.4) is 0 Å². The Labute approximate surface area is 187 Å². The molecule has 3 heteroatoms. The molecule has 0 fully saturated rings. The number of nitrogens with zero attached hydrogens (tertiary/aromatic N) is 1. The number of hydrogen-bond donors (Lipinski definition) is 0. The van der Waals surface area contributed by atoms with Crippen molar-refractivity contribution in [2.45, 2.75) is 12.5 Å². The molecule has 4 aromatic carbocycles. The maximum atomic E-state index is 13.6. The molecule has 1 aliphatic heterocycles. The van der Waals surface area contributed by atoms with Crippen LogP contribution in [0.5, 0.6) is 0 Å². The molecule has 1 aliphatic rings. The number of amides is 1. The zero-order valence-corrected chi connectivity index (χ0v) is 17.8. The van der Waals surface area contributed by atoms with Crippen molar-refractivity contribution in [2.24, 2.45) is 0 Å². The summed E-state index contributed by atoms with van der Waals surface area (Å²) in [7, 11) is 0. The average molecular weight is 424 g/mol. The van der Waals surface area contributed by atoms with E-state index in [1.54, 1.807) is 0 Å². The van der Waals surface area contributed by atoms with E-state index in [2.05, 4.69) is 30.3 Å². The summed E-state index contributed by atoms with van der Waals surface area (Å²) in [6, 6.07) is 34.2. The lowest BCUT2D eigenvalue weighted by atomic mass is 9.87. The van der Waals surface area contributed by atoms with Gasteiger partial charge in [-0.1, -0.05) is 90.5 Å². The number of benzene rings is 4. The highest BCUT2D eigenvalue weighted by molar-refractivity contribution is 6.30. The maximum absolute atomic E-state index is 13.6. The summed E-state index contributed by atoms with van der Waals surface area (Å²) in [4.78, 5) is 15.6. The van der Waals surface area contributed by atoms with E-state index < -0.39 is 0 Å². The summed E-state index contributed by atoms with van der Waals surface area (Å²) in [6.07, 6.45) is 0.855. The number of halogens is 1. The molecule has 0 radical (unpaired) electrons. The van der Waals surface area contributed by atoms with Crippen LogP contribution in [-0.4, -0.2) is 17.4 Å². The second-order valence-electron chi connectivity index (χ2n) is 7.84. The highest BCUT2D eigenvalue weighted by Crippen LogP contribution is 2.36. The van der Waals surface area contributed by atoms with E-state index in [-0.39, 0.29) is 11.9 Å². The van der Waals surface area contributed by atoms with Gasteiger partial charge in [0.25, 0.3) is 5.91 Å². The van der Waals surface area contributed by atoms with Gasteiger partial charge in [-0.3, -0.25) is 4.79 Å². The number of carbonyl (C=O) groups excluding carboxylic acids is 1. The van der Waals surface area contributed by atoms with Crippen LogP contribution >= 0.6 is 11.6 Å². The SMILES string of the molecule is O=C(c1ccc(-c2ccccc2)cc1)N1CCc2ccccc2[C@@H]1c1ccc(Cl)cc1. The Morgan fingerprint density at radius 2 is 1.39 bits per heavy atom. The molecule has 0 bridgehead atoms. The molecule has 0 saturated heterocycles.